The van der Waals surface area contributed by atoms with E-state index in [0.717, 1.165) is 28.6 Å². The summed E-state index contributed by atoms with van der Waals surface area (Å²) in [5.74, 6) is 2.52. The average molecular weight is 486 g/mol. The highest BCUT2D eigenvalue weighted by atomic mass is 127. The zero-order valence-corrected chi connectivity index (χ0v) is 17.9. The molecule has 0 fully saturated rings. The zero-order chi connectivity index (χ0) is 17.9. The van der Waals surface area contributed by atoms with Gasteiger partial charge in [0.15, 0.2) is 0 Å². The third-order valence-electron chi connectivity index (χ3n) is 3.35. The Labute approximate surface area is 165 Å². The lowest BCUT2D eigenvalue weighted by atomic mass is 10.1. The number of carbonyl (C=O) groups excluding carboxylic acids is 2. The summed E-state index contributed by atoms with van der Waals surface area (Å²) in [6, 6.07) is 0. The first-order valence-corrected chi connectivity index (χ1v) is 10.9. The van der Waals surface area contributed by atoms with Crippen LogP contribution in [0.5, 0.6) is 0 Å². The van der Waals surface area contributed by atoms with Crippen molar-refractivity contribution in [1.29, 1.82) is 0 Å². The summed E-state index contributed by atoms with van der Waals surface area (Å²) >= 11 is 5.46. The van der Waals surface area contributed by atoms with Gasteiger partial charge < -0.3 is 14.2 Å². The number of methoxy groups -OCH3 is 2. The molecule has 0 aliphatic heterocycles. The van der Waals surface area contributed by atoms with Crippen LogP contribution in [-0.4, -0.2) is 49.5 Å². The lowest BCUT2D eigenvalue weighted by molar-refractivity contribution is -0.138. The molecule has 1 aliphatic rings. The molecule has 2 atom stereocenters. The van der Waals surface area contributed by atoms with E-state index in [0.29, 0.717) is 12.2 Å². The Morgan fingerprint density at radius 1 is 1.33 bits per heavy atom. The third kappa shape index (κ3) is 7.37. The molecule has 0 aromatic heterocycles. The summed E-state index contributed by atoms with van der Waals surface area (Å²) in [6.45, 7) is 1.42. The summed E-state index contributed by atoms with van der Waals surface area (Å²) in [4.78, 5) is 23.5. The first-order valence-electron chi connectivity index (χ1n) is 7.52. The monoisotopic (exact) mass is 486 g/mol. The van der Waals surface area contributed by atoms with Gasteiger partial charge in [-0.15, -0.1) is 11.8 Å². The molecule has 0 radical (unpaired) electrons. The van der Waals surface area contributed by atoms with Crippen molar-refractivity contribution in [3.05, 3.63) is 20.8 Å². The largest absolute Gasteiger partial charge is 0.468 e. The van der Waals surface area contributed by atoms with Gasteiger partial charge in [0.25, 0.3) is 0 Å². The van der Waals surface area contributed by atoms with E-state index in [1.165, 1.54) is 14.0 Å². The van der Waals surface area contributed by atoms with Crippen molar-refractivity contribution >= 4 is 58.1 Å². The van der Waals surface area contributed by atoms with Crippen molar-refractivity contribution in [3.8, 4) is 0 Å². The standard InChI is InChI=1S/C16H23IO5S2/c1-11(18)22-14-9-13(20-2)12(5-6-17)16(14)24-8-4-7-23-10-15(19)21-3/h5-6,12-13H,4,7-10H2,1-3H3/b6-5+/t12-,13?/m0/s1. The molecule has 0 aromatic carbocycles. The van der Waals surface area contributed by atoms with Crippen LogP contribution in [0.1, 0.15) is 19.8 Å². The molecular formula is C16H23IO5S2. The maximum Gasteiger partial charge on any atom is 0.315 e. The second-order valence-corrected chi connectivity index (χ2v) is 8.00. The smallest absolute Gasteiger partial charge is 0.315 e. The lowest BCUT2D eigenvalue weighted by Crippen LogP contribution is -2.16. The van der Waals surface area contributed by atoms with Crippen molar-refractivity contribution in [3.63, 3.8) is 0 Å². The molecule has 24 heavy (non-hydrogen) atoms. The molecule has 1 aliphatic carbocycles. The fourth-order valence-corrected chi connectivity index (χ4v) is 4.91. The number of rotatable bonds is 10. The van der Waals surface area contributed by atoms with Gasteiger partial charge in [-0.2, -0.15) is 11.8 Å². The van der Waals surface area contributed by atoms with E-state index >= 15 is 0 Å². The molecule has 1 unspecified atom stereocenters. The van der Waals surface area contributed by atoms with Crippen LogP contribution in [0.4, 0.5) is 0 Å². The van der Waals surface area contributed by atoms with E-state index in [-0.39, 0.29) is 24.0 Å². The Bertz CT molecular complexity index is 493. The average Bonchev–Trinajstić information content (AvgIpc) is 2.87. The van der Waals surface area contributed by atoms with Crippen LogP contribution in [0.3, 0.4) is 0 Å². The number of hydrogen-bond donors (Lipinski definition) is 0. The number of esters is 2. The van der Waals surface area contributed by atoms with Gasteiger partial charge >= 0.3 is 11.9 Å². The minimum atomic E-state index is -0.300. The summed E-state index contributed by atoms with van der Waals surface area (Å²) in [5.41, 5.74) is 0. The summed E-state index contributed by atoms with van der Waals surface area (Å²) in [6.07, 6.45) is 3.66. The number of ether oxygens (including phenoxy) is 3. The number of carbonyl (C=O) groups is 2. The molecule has 0 N–H and O–H groups in total. The maximum atomic E-state index is 11.3. The Balaban J connectivity index is 2.57. The highest BCUT2D eigenvalue weighted by molar-refractivity contribution is 14.1. The molecule has 5 nitrogen and oxygen atoms in total. The molecular weight excluding hydrogens is 463 g/mol. The predicted octanol–water partition coefficient (Wildman–Crippen LogP) is 3.77. The first-order chi connectivity index (χ1) is 11.5. The molecule has 136 valence electrons. The molecule has 8 heteroatoms. The normalized spacial score (nSPS) is 20.7. The Hall–Kier alpha value is -0.190. The van der Waals surface area contributed by atoms with Crippen LogP contribution in [0, 0.1) is 5.92 Å². The quantitative estimate of drug-likeness (QED) is 0.265. The number of hydrogen-bond acceptors (Lipinski definition) is 7. The molecule has 0 bridgehead atoms. The topological polar surface area (TPSA) is 61.8 Å². The second kappa shape index (κ2) is 12.2. The summed E-state index contributed by atoms with van der Waals surface area (Å²) in [7, 11) is 3.08. The van der Waals surface area contributed by atoms with Gasteiger partial charge in [0.1, 0.15) is 5.76 Å². The first kappa shape index (κ1) is 21.9. The van der Waals surface area contributed by atoms with E-state index in [1.54, 1.807) is 30.6 Å². The van der Waals surface area contributed by atoms with Gasteiger partial charge in [0.05, 0.1) is 19.0 Å². The van der Waals surface area contributed by atoms with E-state index < -0.39 is 0 Å². The molecule has 0 aromatic rings. The van der Waals surface area contributed by atoms with Gasteiger partial charge in [-0.3, -0.25) is 9.59 Å². The van der Waals surface area contributed by atoms with E-state index in [9.17, 15) is 9.59 Å². The van der Waals surface area contributed by atoms with Gasteiger partial charge in [-0.05, 0) is 22.0 Å². The highest BCUT2D eigenvalue weighted by Crippen LogP contribution is 2.42. The lowest BCUT2D eigenvalue weighted by Gasteiger charge is -2.17. The van der Waals surface area contributed by atoms with E-state index in [1.807, 2.05) is 4.08 Å². The predicted molar refractivity (Wildman–Crippen MR) is 107 cm³/mol. The number of halogens is 1. The summed E-state index contributed by atoms with van der Waals surface area (Å²) in [5, 5.41) is 0. The maximum absolute atomic E-state index is 11.3. The van der Waals surface area contributed by atoms with Crippen LogP contribution in [0.2, 0.25) is 0 Å². The number of thioether (sulfide) groups is 2. The minimum Gasteiger partial charge on any atom is -0.468 e. The SMILES string of the molecule is COC(=O)CSCCCSC1=C(OC(C)=O)CC(OC)[C@@H]1/C=C/I. The van der Waals surface area contributed by atoms with Crippen LogP contribution >= 0.6 is 46.1 Å². The van der Waals surface area contributed by atoms with Crippen molar-refractivity contribution in [2.75, 3.05) is 31.5 Å². The van der Waals surface area contributed by atoms with Crippen molar-refractivity contribution in [2.45, 2.75) is 25.9 Å². The molecule has 0 spiro atoms. The fourth-order valence-electron chi connectivity index (χ4n) is 2.28. The second-order valence-electron chi connectivity index (χ2n) is 5.03. The van der Waals surface area contributed by atoms with E-state index in [2.05, 4.69) is 33.4 Å². The van der Waals surface area contributed by atoms with Crippen molar-refractivity contribution < 1.29 is 23.8 Å². The molecule has 1 rings (SSSR count). The Kier molecular flexibility index (Phi) is 11.1. The van der Waals surface area contributed by atoms with Crippen LogP contribution in [-0.2, 0) is 23.8 Å². The van der Waals surface area contributed by atoms with Crippen LogP contribution in [0.25, 0.3) is 0 Å². The molecule has 0 saturated heterocycles. The summed E-state index contributed by atoms with van der Waals surface area (Å²) < 4.78 is 17.5. The highest BCUT2D eigenvalue weighted by Gasteiger charge is 2.35. The zero-order valence-electron chi connectivity index (χ0n) is 14.1. The van der Waals surface area contributed by atoms with Gasteiger partial charge in [-0.1, -0.05) is 28.7 Å². The van der Waals surface area contributed by atoms with Crippen molar-refractivity contribution in [2.24, 2.45) is 5.92 Å². The molecule has 0 saturated carbocycles. The van der Waals surface area contributed by atoms with Crippen LogP contribution in [0.15, 0.2) is 20.8 Å². The Morgan fingerprint density at radius 2 is 2.08 bits per heavy atom. The van der Waals surface area contributed by atoms with Crippen LogP contribution < -0.4 is 0 Å². The van der Waals surface area contributed by atoms with Gasteiger partial charge in [0, 0.05) is 31.3 Å². The van der Waals surface area contributed by atoms with Gasteiger partial charge in [0.2, 0.25) is 0 Å². The van der Waals surface area contributed by atoms with Crippen molar-refractivity contribution in [1.82, 2.24) is 0 Å². The fraction of sp³-hybridized carbons (Fsp3) is 0.625. The third-order valence-corrected chi connectivity index (χ3v) is 6.09. The minimum absolute atomic E-state index is 0.00145. The van der Waals surface area contributed by atoms with E-state index in [4.69, 9.17) is 9.47 Å². The molecule has 0 heterocycles. The Morgan fingerprint density at radius 3 is 2.67 bits per heavy atom. The van der Waals surface area contributed by atoms with Gasteiger partial charge in [-0.25, -0.2) is 0 Å². The molecule has 0 amide bonds.